The number of anilines is 2. The van der Waals surface area contributed by atoms with Crippen LogP contribution in [-0.4, -0.2) is 28.7 Å². The van der Waals surface area contributed by atoms with E-state index in [4.69, 9.17) is 11.6 Å². The van der Waals surface area contributed by atoms with Gasteiger partial charge in [-0.3, -0.25) is 14.4 Å². The molecule has 0 aliphatic rings. The average molecular weight is 471 g/mol. The van der Waals surface area contributed by atoms with E-state index >= 15 is 0 Å². The van der Waals surface area contributed by atoms with E-state index in [0.717, 1.165) is 5.56 Å². The summed E-state index contributed by atoms with van der Waals surface area (Å²) in [6.45, 7) is 5.15. The van der Waals surface area contributed by atoms with Gasteiger partial charge in [0.15, 0.2) is 5.13 Å². The van der Waals surface area contributed by atoms with Gasteiger partial charge in [0.25, 0.3) is 5.91 Å². The third-order valence-corrected chi connectivity index (χ3v) is 5.68. The van der Waals surface area contributed by atoms with Crippen molar-refractivity contribution < 1.29 is 14.4 Å². The maximum atomic E-state index is 12.9. The molecule has 0 saturated carbocycles. The first-order chi connectivity index (χ1) is 15.2. The van der Waals surface area contributed by atoms with Crippen molar-refractivity contribution in [1.29, 1.82) is 0 Å². The summed E-state index contributed by atoms with van der Waals surface area (Å²) >= 11 is 7.38. The standard InChI is InChI=1S/C23H23ClN4O3S/c1-13(2)20(27-21(30)17-6-4-5-7-18(17)24)22(31)28-23-26-19(12-32-23)15-8-10-16(11-9-15)25-14(3)29/h4-13,20H,1-3H3,(H,25,29)(H,27,30)(H,26,28,31)/t20-/m0/s1. The number of hydrogen-bond acceptors (Lipinski definition) is 5. The number of nitrogens with zero attached hydrogens (tertiary/aromatic N) is 1. The SMILES string of the molecule is CC(=O)Nc1ccc(-c2csc(NC(=O)[C@@H](NC(=O)c3ccccc3Cl)C(C)C)n2)cc1. The van der Waals surface area contributed by atoms with Crippen molar-refractivity contribution in [2.45, 2.75) is 26.8 Å². The predicted molar refractivity (Wildman–Crippen MR) is 128 cm³/mol. The summed E-state index contributed by atoms with van der Waals surface area (Å²) in [6.07, 6.45) is 0. The fourth-order valence-electron chi connectivity index (χ4n) is 2.97. The third kappa shape index (κ3) is 5.93. The number of aromatic nitrogens is 1. The lowest BCUT2D eigenvalue weighted by Gasteiger charge is -2.21. The lowest BCUT2D eigenvalue weighted by atomic mass is 10.0. The molecule has 3 amide bonds. The fraction of sp³-hybridized carbons (Fsp3) is 0.217. The first-order valence-electron chi connectivity index (χ1n) is 9.94. The molecule has 32 heavy (non-hydrogen) atoms. The van der Waals surface area contributed by atoms with Crippen molar-refractivity contribution in [3.05, 3.63) is 64.5 Å². The summed E-state index contributed by atoms with van der Waals surface area (Å²) in [6, 6.07) is 13.2. The predicted octanol–water partition coefficient (Wildman–Crippen LogP) is 4.82. The minimum absolute atomic E-state index is 0.141. The van der Waals surface area contributed by atoms with Gasteiger partial charge in [-0.1, -0.05) is 49.7 Å². The third-order valence-electron chi connectivity index (χ3n) is 4.59. The minimum Gasteiger partial charge on any atom is -0.340 e. The van der Waals surface area contributed by atoms with Gasteiger partial charge in [-0.15, -0.1) is 11.3 Å². The number of hydrogen-bond donors (Lipinski definition) is 3. The van der Waals surface area contributed by atoms with Crippen LogP contribution in [0.3, 0.4) is 0 Å². The summed E-state index contributed by atoms with van der Waals surface area (Å²) in [5, 5.41) is 10.8. The largest absolute Gasteiger partial charge is 0.340 e. The van der Waals surface area contributed by atoms with E-state index in [1.54, 1.807) is 36.4 Å². The molecular formula is C23H23ClN4O3S. The summed E-state index contributed by atoms with van der Waals surface area (Å²) in [7, 11) is 0. The average Bonchev–Trinajstić information content (AvgIpc) is 3.20. The van der Waals surface area contributed by atoms with E-state index in [2.05, 4.69) is 20.9 Å². The Kier molecular flexibility index (Phi) is 7.61. The second kappa shape index (κ2) is 10.4. The minimum atomic E-state index is -0.761. The Morgan fingerprint density at radius 2 is 1.69 bits per heavy atom. The van der Waals surface area contributed by atoms with Gasteiger partial charge in [0.1, 0.15) is 6.04 Å². The highest BCUT2D eigenvalue weighted by molar-refractivity contribution is 7.14. The van der Waals surface area contributed by atoms with Crippen LogP contribution in [0.15, 0.2) is 53.9 Å². The fourth-order valence-corrected chi connectivity index (χ4v) is 3.92. The number of benzene rings is 2. The normalized spacial score (nSPS) is 11.7. The number of carbonyl (C=O) groups excluding carboxylic acids is 3. The lowest BCUT2D eigenvalue weighted by Crippen LogP contribution is -2.47. The number of amides is 3. The van der Waals surface area contributed by atoms with Gasteiger partial charge in [0.05, 0.1) is 16.3 Å². The number of carbonyl (C=O) groups is 3. The van der Waals surface area contributed by atoms with Crippen LogP contribution >= 0.6 is 22.9 Å². The van der Waals surface area contributed by atoms with Crippen molar-refractivity contribution in [1.82, 2.24) is 10.3 Å². The highest BCUT2D eigenvalue weighted by Crippen LogP contribution is 2.26. The molecule has 0 bridgehead atoms. The Balaban J connectivity index is 1.68. The molecule has 0 saturated heterocycles. The van der Waals surface area contributed by atoms with Crippen molar-refractivity contribution in [3.63, 3.8) is 0 Å². The molecule has 3 aromatic rings. The van der Waals surface area contributed by atoms with Gasteiger partial charge in [0, 0.05) is 23.6 Å². The molecule has 0 aliphatic heterocycles. The molecule has 1 heterocycles. The molecule has 1 atom stereocenters. The van der Waals surface area contributed by atoms with Gasteiger partial charge in [-0.05, 0) is 30.2 Å². The van der Waals surface area contributed by atoms with Crippen LogP contribution in [0.25, 0.3) is 11.3 Å². The van der Waals surface area contributed by atoms with E-state index in [9.17, 15) is 14.4 Å². The van der Waals surface area contributed by atoms with Gasteiger partial charge < -0.3 is 16.0 Å². The van der Waals surface area contributed by atoms with E-state index in [-0.39, 0.29) is 17.7 Å². The molecule has 0 radical (unpaired) electrons. The van der Waals surface area contributed by atoms with Gasteiger partial charge in [-0.2, -0.15) is 0 Å². The highest BCUT2D eigenvalue weighted by Gasteiger charge is 2.26. The van der Waals surface area contributed by atoms with E-state index in [0.29, 0.717) is 27.1 Å². The monoisotopic (exact) mass is 470 g/mol. The van der Waals surface area contributed by atoms with Gasteiger partial charge >= 0.3 is 0 Å². The van der Waals surface area contributed by atoms with Crippen LogP contribution in [0.1, 0.15) is 31.1 Å². The van der Waals surface area contributed by atoms with Gasteiger partial charge in [0.2, 0.25) is 11.8 Å². The first-order valence-corrected chi connectivity index (χ1v) is 11.2. The lowest BCUT2D eigenvalue weighted by molar-refractivity contribution is -0.119. The number of thiazole rings is 1. The zero-order valence-electron chi connectivity index (χ0n) is 17.8. The molecule has 9 heteroatoms. The maximum Gasteiger partial charge on any atom is 0.253 e. The van der Waals surface area contributed by atoms with E-state index in [1.165, 1.54) is 18.3 Å². The van der Waals surface area contributed by atoms with Crippen LogP contribution in [0.4, 0.5) is 10.8 Å². The van der Waals surface area contributed by atoms with Crippen LogP contribution in [-0.2, 0) is 9.59 Å². The van der Waals surface area contributed by atoms with E-state index < -0.39 is 11.9 Å². The van der Waals surface area contributed by atoms with Crippen molar-refractivity contribution in [2.75, 3.05) is 10.6 Å². The molecule has 0 unspecified atom stereocenters. The Morgan fingerprint density at radius 3 is 2.31 bits per heavy atom. The summed E-state index contributed by atoms with van der Waals surface area (Å²) in [4.78, 5) is 41.1. The summed E-state index contributed by atoms with van der Waals surface area (Å²) < 4.78 is 0. The van der Waals surface area contributed by atoms with Crippen molar-refractivity contribution in [2.24, 2.45) is 5.92 Å². The van der Waals surface area contributed by atoms with Crippen molar-refractivity contribution in [3.8, 4) is 11.3 Å². The first kappa shape index (κ1) is 23.4. The second-order valence-corrected chi connectivity index (χ2v) is 8.73. The summed E-state index contributed by atoms with van der Waals surface area (Å²) in [5.41, 5.74) is 2.55. The van der Waals surface area contributed by atoms with E-state index in [1.807, 2.05) is 31.4 Å². The Bertz CT molecular complexity index is 1130. The number of rotatable bonds is 7. The molecule has 3 N–H and O–H groups in total. The smallest absolute Gasteiger partial charge is 0.253 e. The molecule has 1 aromatic heterocycles. The zero-order chi connectivity index (χ0) is 23.3. The Hall–Kier alpha value is -3.23. The number of halogens is 1. The maximum absolute atomic E-state index is 12.9. The van der Waals surface area contributed by atoms with Crippen LogP contribution in [0.5, 0.6) is 0 Å². The second-order valence-electron chi connectivity index (χ2n) is 7.46. The highest BCUT2D eigenvalue weighted by atomic mass is 35.5. The van der Waals surface area contributed by atoms with Gasteiger partial charge in [-0.25, -0.2) is 4.98 Å². The molecule has 0 aliphatic carbocycles. The summed E-state index contributed by atoms with van der Waals surface area (Å²) in [5.74, 6) is -1.06. The van der Waals surface area contributed by atoms with Crippen LogP contribution < -0.4 is 16.0 Å². The topological polar surface area (TPSA) is 100 Å². The zero-order valence-corrected chi connectivity index (χ0v) is 19.4. The molecule has 0 fully saturated rings. The molecule has 166 valence electrons. The molecular weight excluding hydrogens is 448 g/mol. The van der Waals surface area contributed by atoms with Crippen LogP contribution in [0, 0.1) is 5.92 Å². The Morgan fingerprint density at radius 1 is 1.00 bits per heavy atom. The quantitative estimate of drug-likeness (QED) is 0.461. The molecule has 2 aromatic carbocycles. The number of nitrogens with one attached hydrogen (secondary N) is 3. The van der Waals surface area contributed by atoms with Crippen LogP contribution in [0.2, 0.25) is 5.02 Å². The molecule has 7 nitrogen and oxygen atoms in total. The Labute approximate surface area is 195 Å². The molecule has 0 spiro atoms. The molecule has 3 rings (SSSR count). The van der Waals surface area contributed by atoms with Crippen molar-refractivity contribution >= 4 is 51.5 Å².